The molecule has 0 aromatic heterocycles. The average molecular weight is 289 g/mol. The first-order chi connectivity index (χ1) is 9.11. The Morgan fingerprint density at radius 3 is 2.42 bits per heavy atom. The Morgan fingerprint density at radius 2 is 1.79 bits per heavy atom. The van der Waals surface area contributed by atoms with E-state index in [0.29, 0.717) is 26.2 Å². The van der Waals surface area contributed by atoms with Gasteiger partial charge < -0.3 is 10.5 Å². The second-order valence-corrected chi connectivity index (χ2v) is 7.66. The molecular formula is C12H23N3O3S. The van der Waals surface area contributed by atoms with E-state index in [0.717, 1.165) is 32.1 Å². The lowest BCUT2D eigenvalue weighted by atomic mass is 10.1. The van der Waals surface area contributed by atoms with Crippen LogP contribution in [-0.2, 0) is 14.9 Å². The maximum absolute atomic E-state index is 12.8. The molecule has 3 rings (SSSR count). The molecule has 110 valence electrons. The summed E-state index contributed by atoms with van der Waals surface area (Å²) in [6.45, 7) is 2.03. The molecule has 2 bridgehead atoms. The fourth-order valence-electron chi connectivity index (χ4n) is 3.43. The van der Waals surface area contributed by atoms with Crippen LogP contribution in [0.5, 0.6) is 0 Å². The highest BCUT2D eigenvalue weighted by Crippen LogP contribution is 2.30. The summed E-state index contributed by atoms with van der Waals surface area (Å²) in [5, 5.41) is 0. The maximum Gasteiger partial charge on any atom is 0.282 e. The lowest BCUT2D eigenvalue weighted by molar-refractivity contribution is -0.0138. The summed E-state index contributed by atoms with van der Waals surface area (Å²) in [6, 6.07) is -0.0285. The minimum atomic E-state index is -3.37. The lowest BCUT2D eigenvalue weighted by Crippen LogP contribution is -2.56. The van der Waals surface area contributed by atoms with Crippen LogP contribution in [0.3, 0.4) is 0 Å². The minimum absolute atomic E-state index is 0.0285. The topological polar surface area (TPSA) is 75.9 Å². The van der Waals surface area contributed by atoms with Crippen molar-refractivity contribution in [1.29, 1.82) is 0 Å². The van der Waals surface area contributed by atoms with Gasteiger partial charge in [-0.25, -0.2) is 0 Å². The molecule has 0 aromatic rings. The Labute approximate surface area is 115 Å². The van der Waals surface area contributed by atoms with Crippen molar-refractivity contribution in [1.82, 2.24) is 8.61 Å². The monoisotopic (exact) mass is 289 g/mol. The van der Waals surface area contributed by atoms with Crippen LogP contribution in [0.2, 0.25) is 0 Å². The van der Waals surface area contributed by atoms with Gasteiger partial charge in [0, 0.05) is 32.2 Å². The number of fused-ring (bicyclic) bond motifs is 2. The average Bonchev–Trinajstić information content (AvgIpc) is 2.77. The molecule has 0 aliphatic carbocycles. The summed E-state index contributed by atoms with van der Waals surface area (Å²) in [5.41, 5.74) is 5.74. The first kappa shape index (κ1) is 13.8. The van der Waals surface area contributed by atoms with Crippen molar-refractivity contribution < 1.29 is 13.2 Å². The molecule has 0 aromatic carbocycles. The van der Waals surface area contributed by atoms with Crippen molar-refractivity contribution in [3.8, 4) is 0 Å². The van der Waals surface area contributed by atoms with E-state index in [1.165, 1.54) is 0 Å². The van der Waals surface area contributed by atoms with E-state index in [4.69, 9.17) is 10.5 Å². The Balaban J connectivity index is 1.77. The van der Waals surface area contributed by atoms with Crippen molar-refractivity contribution in [3.63, 3.8) is 0 Å². The zero-order valence-electron chi connectivity index (χ0n) is 11.2. The molecule has 2 N–H and O–H groups in total. The number of rotatable bonds is 3. The molecule has 0 amide bonds. The van der Waals surface area contributed by atoms with Crippen molar-refractivity contribution in [3.05, 3.63) is 0 Å². The Bertz CT molecular complexity index is 416. The van der Waals surface area contributed by atoms with Crippen LogP contribution in [-0.4, -0.2) is 61.5 Å². The van der Waals surface area contributed by atoms with E-state index in [9.17, 15) is 8.42 Å². The summed E-state index contributed by atoms with van der Waals surface area (Å²) in [5.74, 6) is 0. The van der Waals surface area contributed by atoms with Crippen LogP contribution >= 0.6 is 0 Å². The molecule has 0 radical (unpaired) electrons. The number of nitrogens with two attached hydrogens (primary N) is 1. The second kappa shape index (κ2) is 5.29. The number of piperidine rings is 1. The normalized spacial score (nSPS) is 37.6. The van der Waals surface area contributed by atoms with Gasteiger partial charge in [-0.2, -0.15) is 17.0 Å². The van der Waals surface area contributed by atoms with Gasteiger partial charge in [0.2, 0.25) is 0 Å². The van der Waals surface area contributed by atoms with E-state index < -0.39 is 10.2 Å². The third kappa shape index (κ3) is 2.54. The molecular weight excluding hydrogens is 266 g/mol. The van der Waals surface area contributed by atoms with Gasteiger partial charge in [-0.05, 0) is 25.7 Å². The summed E-state index contributed by atoms with van der Waals surface area (Å²) in [6.07, 6.45) is 5.04. The Morgan fingerprint density at radius 1 is 1.11 bits per heavy atom. The number of hydrogen-bond acceptors (Lipinski definition) is 4. The summed E-state index contributed by atoms with van der Waals surface area (Å²) < 4.78 is 34.5. The van der Waals surface area contributed by atoms with Crippen molar-refractivity contribution in [2.45, 2.75) is 50.4 Å². The van der Waals surface area contributed by atoms with Crippen LogP contribution in [0.15, 0.2) is 0 Å². The van der Waals surface area contributed by atoms with Crippen LogP contribution < -0.4 is 5.73 Å². The predicted molar refractivity (Wildman–Crippen MR) is 71.8 cm³/mol. The van der Waals surface area contributed by atoms with Gasteiger partial charge in [0.05, 0.1) is 12.2 Å². The zero-order chi connectivity index (χ0) is 13.5. The number of hydrogen-bond donors (Lipinski definition) is 1. The highest BCUT2D eigenvalue weighted by molar-refractivity contribution is 7.86. The maximum atomic E-state index is 12.8. The van der Waals surface area contributed by atoms with Gasteiger partial charge in [-0.1, -0.05) is 6.42 Å². The van der Waals surface area contributed by atoms with Crippen LogP contribution in [0, 0.1) is 0 Å². The quantitative estimate of drug-likeness (QED) is 0.788. The van der Waals surface area contributed by atoms with Crippen molar-refractivity contribution in [2.24, 2.45) is 5.73 Å². The highest BCUT2D eigenvalue weighted by atomic mass is 32.2. The lowest BCUT2D eigenvalue weighted by Gasteiger charge is -2.40. The molecule has 3 unspecified atom stereocenters. The fourth-order valence-corrected chi connectivity index (χ4v) is 5.36. The van der Waals surface area contributed by atoms with Gasteiger partial charge >= 0.3 is 0 Å². The second-order valence-electron chi connectivity index (χ2n) is 5.78. The number of nitrogens with zero attached hydrogens (tertiary/aromatic N) is 2. The standard InChI is InChI=1S/C12H23N3O3S/c13-7-10-3-1-2-6-15(10)19(16,17)14-8-11-4-5-12(9-14)18-11/h10-12H,1-9,13H2. The van der Waals surface area contributed by atoms with E-state index in [2.05, 4.69) is 0 Å². The van der Waals surface area contributed by atoms with Gasteiger partial charge in [-0.3, -0.25) is 0 Å². The first-order valence-corrected chi connectivity index (χ1v) is 8.63. The minimum Gasteiger partial charge on any atom is -0.372 e. The molecule has 3 aliphatic heterocycles. The number of ether oxygens (including phenoxy) is 1. The Kier molecular flexibility index (Phi) is 3.83. The number of morpholine rings is 1. The molecule has 6 nitrogen and oxygen atoms in total. The zero-order valence-corrected chi connectivity index (χ0v) is 12.0. The van der Waals surface area contributed by atoms with Gasteiger partial charge in [0.15, 0.2) is 0 Å². The molecule has 3 heterocycles. The van der Waals surface area contributed by atoms with E-state index >= 15 is 0 Å². The van der Waals surface area contributed by atoms with Crippen LogP contribution in [0.4, 0.5) is 0 Å². The van der Waals surface area contributed by atoms with E-state index in [1.54, 1.807) is 8.61 Å². The SMILES string of the molecule is NCC1CCCCN1S(=O)(=O)N1CC2CCC(C1)O2. The molecule has 3 fully saturated rings. The molecule has 3 atom stereocenters. The largest absolute Gasteiger partial charge is 0.372 e. The highest BCUT2D eigenvalue weighted by Gasteiger charge is 2.43. The molecule has 0 saturated carbocycles. The summed E-state index contributed by atoms with van der Waals surface area (Å²) in [4.78, 5) is 0. The van der Waals surface area contributed by atoms with Gasteiger partial charge in [0.25, 0.3) is 10.2 Å². The smallest absolute Gasteiger partial charge is 0.282 e. The fraction of sp³-hybridized carbons (Fsp3) is 1.00. The van der Waals surface area contributed by atoms with Crippen LogP contribution in [0.1, 0.15) is 32.1 Å². The van der Waals surface area contributed by atoms with E-state index in [1.807, 2.05) is 0 Å². The summed E-state index contributed by atoms with van der Waals surface area (Å²) >= 11 is 0. The van der Waals surface area contributed by atoms with Gasteiger partial charge in [0.1, 0.15) is 0 Å². The third-order valence-electron chi connectivity index (χ3n) is 4.48. The van der Waals surface area contributed by atoms with Crippen molar-refractivity contribution in [2.75, 3.05) is 26.2 Å². The molecule has 7 heteroatoms. The first-order valence-electron chi connectivity index (χ1n) is 7.23. The van der Waals surface area contributed by atoms with Crippen molar-refractivity contribution >= 4 is 10.2 Å². The Hall–Kier alpha value is -0.210. The predicted octanol–water partition coefficient (Wildman–Crippen LogP) is -0.0924. The molecule has 3 aliphatic rings. The van der Waals surface area contributed by atoms with Gasteiger partial charge in [-0.15, -0.1) is 0 Å². The molecule has 3 saturated heterocycles. The molecule has 0 spiro atoms. The summed E-state index contributed by atoms with van der Waals surface area (Å²) in [7, 11) is -3.37. The molecule has 19 heavy (non-hydrogen) atoms. The third-order valence-corrected chi connectivity index (χ3v) is 6.50. The van der Waals surface area contributed by atoms with Crippen LogP contribution in [0.25, 0.3) is 0 Å². The van der Waals surface area contributed by atoms with E-state index in [-0.39, 0.29) is 18.2 Å².